The molecule has 0 aliphatic heterocycles. The first-order chi connectivity index (χ1) is 9.52. The van der Waals surface area contributed by atoms with Gasteiger partial charge in [0.1, 0.15) is 5.75 Å². The Kier molecular flexibility index (Phi) is 7.01. The van der Waals surface area contributed by atoms with Gasteiger partial charge in [-0.15, -0.1) is 0 Å². The summed E-state index contributed by atoms with van der Waals surface area (Å²) < 4.78 is 5.41. The van der Waals surface area contributed by atoms with E-state index >= 15 is 0 Å². The van der Waals surface area contributed by atoms with Crippen molar-refractivity contribution in [2.24, 2.45) is 5.92 Å². The van der Waals surface area contributed by atoms with Crippen LogP contribution >= 0.6 is 0 Å². The van der Waals surface area contributed by atoms with E-state index in [4.69, 9.17) is 4.74 Å². The highest BCUT2D eigenvalue weighted by Gasteiger charge is 2.07. The predicted octanol–water partition coefficient (Wildman–Crippen LogP) is 1.68. The van der Waals surface area contributed by atoms with E-state index in [1.165, 1.54) is 0 Å². The van der Waals surface area contributed by atoms with E-state index in [1.807, 2.05) is 19.1 Å². The lowest BCUT2D eigenvalue weighted by Gasteiger charge is -2.14. The minimum atomic E-state index is -0.0322. The number of nitrogens with one attached hydrogen (secondary N) is 1. The first-order valence-corrected chi connectivity index (χ1v) is 7.05. The summed E-state index contributed by atoms with van der Waals surface area (Å²) in [4.78, 5) is 17.5. The van der Waals surface area contributed by atoms with Crippen molar-refractivity contribution in [2.75, 3.05) is 26.7 Å². The van der Waals surface area contributed by atoms with Gasteiger partial charge in [-0.05, 0) is 31.5 Å². The van der Waals surface area contributed by atoms with Crippen molar-refractivity contribution < 1.29 is 9.53 Å². The molecule has 1 rings (SSSR count). The highest BCUT2D eigenvalue weighted by Crippen LogP contribution is 2.09. The highest BCUT2D eigenvalue weighted by molar-refractivity contribution is 5.77. The monoisotopic (exact) mass is 279 g/mol. The van der Waals surface area contributed by atoms with E-state index in [-0.39, 0.29) is 12.5 Å². The number of carbonyl (C=O) groups is 1. The number of amides is 1. The summed E-state index contributed by atoms with van der Waals surface area (Å²) in [7, 11) is 1.76. The molecule has 5 nitrogen and oxygen atoms in total. The van der Waals surface area contributed by atoms with Crippen molar-refractivity contribution in [3.05, 3.63) is 24.0 Å². The number of hydrogen-bond donors (Lipinski definition) is 1. The van der Waals surface area contributed by atoms with Gasteiger partial charge in [0, 0.05) is 20.1 Å². The van der Waals surface area contributed by atoms with Crippen molar-refractivity contribution in [2.45, 2.75) is 27.3 Å². The first-order valence-electron chi connectivity index (χ1n) is 7.05. The maximum atomic E-state index is 11.6. The second kappa shape index (κ2) is 8.53. The van der Waals surface area contributed by atoms with Gasteiger partial charge < -0.3 is 15.0 Å². The quantitative estimate of drug-likeness (QED) is 0.786. The fraction of sp³-hybridized carbons (Fsp3) is 0.600. The molecular formula is C15H25N3O2. The molecule has 1 amide bonds. The molecule has 0 atom stereocenters. The average molecular weight is 279 g/mol. The van der Waals surface area contributed by atoms with E-state index in [0.717, 1.165) is 18.8 Å². The molecular weight excluding hydrogens is 254 g/mol. The van der Waals surface area contributed by atoms with Crippen LogP contribution in [0.1, 0.15) is 26.5 Å². The molecule has 5 heteroatoms. The molecule has 1 heterocycles. The topological polar surface area (TPSA) is 54.5 Å². The van der Waals surface area contributed by atoms with E-state index in [0.29, 0.717) is 18.2 Å². The fourth-order valence-electron chi connectivity index (χ4n) is 1.52. The van der Waals surface area contributed by atoms with E-state index in [2.05, 4.69) is 24.1 Å². The number of ether oxygens (including phenoxy) is 1. The van der Waals surface area contributed by atoms with Crippen LogP contribution in [0.4, 0.5) is 0 Å². The molecule has 0 aromatic carbocycles. The molecule has 20 heavy (non-hydrogen) atoms. The second-order valence-electron chi connectivity index (χ2n) is 5.21. The Hall–Kier alpha value is -1.62. The lowest BCUT2D eigenvalue weighted by atomic mass is 10.2. The zero-order valence-electron chi connectivity index (χ0n) is 12.8. The van der Waals surface area contributed by atoms with Gasteiger partial charge in [0.25, 0.3) is 5.91 Å². The minimum absolute atomic E-state index is 0.0322. The summed E-state index contributed by atoms with van der Waals surface area (Å²) in [6.45, 7) is 8.72. The molecule has 1 N–H and O–H groups in total. The highest BCUT2D eigenvalue weighted by atomic mass is 16.5. The number of nitrogens with zero attached hydrogens (tertiary/aromatic N) is 2. The Morgan fingerprint density at radius 1 is 1.45 bits per heavy atom. The summed E-state index contributed by atoms with van der Waals surface area (Å²) in [5, 5.41) is 3.33. The van der Waals surface area contributed by atoms with Gasteiger partial charge in [0.15, 0.2) is 6.61 Å². The Balaban J connectivity index is 2.37. The summed E-state index contributed by atoms with van der Waals surface area (Å²) in [5.41, 5.74) is 0.968. The average Bonchev–Trinajstić information content (AvgIpc) is 2.44. The third kappa shape index (κ3) is 6.02. The lowest BCUT2D eigenvalue weighted by Crippen LogP contribution is -2.31. The Labute approximate surface area is 121 Å². The van der Waals surface area contributed by atoms with Crippen LogP contribution in [0.15, 0.2) is 18.3 Å². The third-order valence-corrected chi connectivity index (χ3v) is 2.92. The van der Waals surface area contributed by atoms with E-state index < -0.39 is 0 Å². The molecule has 1 aromatic heterocycles. The molecule has 0 spiro atoms. The molecule has 0 saturated carbocycles. The van der Waals surface area contributed by atoms with Crippen LogP contribution < -0.4 is 10.1 Å². The third-order valence-electron chi connectivity index (χ3n) is 2.92. The number of aromatic nitrogens is 1. The van der Waals surface area contributed by atoms with Crippen molar-refractivity contribution in [1.29, 1.82) is 0 Å². The van der Waals surface area contributed by atoms with Crippen LogP contribution in [-0.4, -0.2) is 42.5 Å². The van der Waals surface area contributed by atoms with Crippen molar-refractivity contribution in [3.8, 4) is 5.75 Å². The molecule has 0 aliphatic rings. The zero-order chi connectivity index (χ0) is 15.0. The van der Waals surface area contributed by atoms with Crippen LogP contribution in [0.2, 0.25) is 0 Å². The summed E-state index contributed by atoms with van der Waals surface area (Å²) in [6, 6.07) is 3.76. The summed E-state index contributed by atoms with van der Waals surface area (Å²) >= 11 is 0. The van der Waals surface area contributed by atoms with Gasteiger partial charge in [0.05, 0.1) is 11.9 Å². The Morgan fingerprint density at radius 2 is 2.20 bits per heavy atom. The van der Waals surface area contributed by atoms with Gasteiger partial charge in [-0.2, -0.15) is 0 Å². The van der Waals surface area contributed by atoms with Gasteiger partial charge >= 0.3 is 0 Å². The molecule has 0 aliphatic carbocycles. The number of likely N-dealkylation sites (N-methyl/N-ethyl adjacent to an activating group) is 1. The van der Waals surface area contributed by atoms with Crippen LogP contribution in [0.3, 0.4) is 0 Å². The fourth-order valence-corrected chi connectivity index (χ4v) is 1.52. The Bertz CT molecular complexity index is 404. The smallest absolute Gasteiger partial charge is 0.260 e. The van der Waals surface area contributed by atoms with Gasteiger partial charge in [-0.3, -0.25) is 9.78 Å². The van der Waals surface area contributed by atoms with Gasteiger partial charge in [-0.25, -0.2) is 0 Å². The van der Waals surface area contributed by atoms with Crippen molar-refractivity contribution >= 4 is 5.91 Å². The van der Waals surface area contributed by atoms with Crippen molar-refractivity contribution in [1.82, 2.24) is 15.2 Å². The van der Waals surface area contributed by atoms with Gasteiger partial charge in [0.2, 0.25) is 0 Å². The summed E-state index contributed by atoms with van der Waals surface area (Å²) in [5.74, 6) is 1.21. The summed E-state index contributed by atoms with van der Waals surface area (Å²) in [6.07, 6.45) is 1.66. The van der Waals surface area contributed by atoms with E-state index in [1.54, 1.807) is 18.1 Å². The molecule has 0 unspecified atom stereocenters. The number of rotatable bonds is 8. The number of pyridine rings is 1. The number of hydrogen-bond acceptors (Lipinski definition) is 4. The predicted molar refractivity (Wildman–Crippen MR) is 79.6 cm³/mol. The van der Waals surface area contributed by atoms with Crippen molar-refractivity contribution in [3.63, 3.8) is 0 Å². The first kappa shape index (κ1) is 16.4. The Morgan fingerprint density at radius 3 is 2.75 bits per heavy atom. The van der Waals surface area contributed by atoms with Crippen LogP contribution in [0.5, 0.6) is 5.75 Å². The molecule has 0 radical (unpaired) electrons. The van der Waals surface area contributed by atoms with Gasteiger partial charge in [-0.1, -0.05) is 13.8 Å². The van der Waals surface area contributed by atoms with Crippen LogP contribution in [-0.2, 0) is 11.3 Å². The minimum Gasteiger partial charge on any atom is -0.482 e. The normalized spacial score (nSPS) is 10.7. The van der Waals surface area contributed by atoms with Crippen LogP contribution in [0, 0.1) is 5.92 Å². The van der Waals surface area contributed by atoms with Crippen LogP contribution in [0.25, 0.3) is 0 Å². The molecule has 0 bridgehead atoms. The standard InChI is InChI=1S/C15H25N3O2/c1-5-18(4)15(19)11-20-14-7-6-13(17-10-14)9-16-8-12(2)3/h6-7,10,12,16H,5,8-9,11H2,1-4H3. The number of carbonyl (C=O) groups excluding carboxylic acids is 1. The SMILES string of the molecule is CCN(C)C(=O)COc1ccc(CNCC(C)C)nc1. The molecule has 0 fully saturated rings. The largest absolute Gasteiger partial charge is 0.482 e. The zero-order valence-corrected chi connectivity index (χ0v) is 12.8. The molecule has 112 valence electrons. The maximum absolute atomic E-state index is 11.6. The molecule has 1 aromatic rings. The maximum Gasteiger partial charge on any atom is 0.260 e. The lowest BCUT2D eigenvalue weighted by molar-refractivity contribution is -0.131. The molecule has 0 saturated heterocycles. The second-order valence-corrected chi connectivity index (χ2v) is 5.21. The van der Waals surface area contributed by atoms with E-state index in [9.17, 15) is 4.79 Å².